The molecule has 2 rings (SSSR count). The molecule has 1 aromatic carbocycles. The molecule has 5 nitrogen and oxygen atoms in total. The average molecular weight is 311 g/mol. The summed E-state index contributed by atoms with van der Waals surface area (Å²) in [6, 6.07) is 5.41. The second-order valence-corrected chi connectivity index (χ2v) is 5.32. The summed E-state index contributed by atoms with van der Waals surface area (Å²) in [6.07, 6.45) is 0.343. The van der Waals surface area contributed by atoms with Gasteiger partial charge in [-0.3, -0.25) is 14.9 Å². The third-order valence-electron chi connectivity index (χ3n) is 3.38. The first-order chi connectivity index (χ1) is 10.4. The lowest BCUT2D eigenvalue weighted by molar-refractivity contribution is -0.118. The van der Waals surface area contributed by atoms with Crippen LogP contribution in [0.25, 0.3) is 0 Å². The number of hydrogen-bond acceptors (Lipinski definition) is 3. The van der Waals surface area contributed by atoms with Gasteiger partial charge in [0.1, 0.15) is 0 Å². The van der Waals surface area contributed by atoms with Crippen LogP contribution in [0, 0.1) is 0 Å². The van der Waals surface area contributed by atoms with E-state index in [1.54, 1.807) is 24.3 Å². The van der Waals surface area contributed by atoms with Gasteiger partial charge < -0.3 is 10.6 Å². The van der Waals surface area contributed by atoms with E-state index >= 15 is 0 Å². The number of carbonyl (C=O) groups excluding carboxylic acids is 2. The molecule has 1 saturated heterocycles. The molecule has 0 spiro atoms. The van der Waals surface area contributed by atoms with Crippen molar-refractivity contribution in [2.24, 2.45) is 0 Å². The number of hydrogen-bond donors (Lipinski definition) is 3. The van der Waals surface area contributed by atoms with Crippen molar-refractivity contribution < 1.29 is 18.4 Å². The Bertz CT molecular complexity index is 546. The Balaban J connectivity index is 1.91. The highest BCUT2D eigenvalue weighted by atomic mass is 19.3. The molecule has 0 radical (unpaired) electrons. The molecule has 1 aromatic rings. The maximum atomic E-state index is 13.1. The van der Waals surface area contributed by atoms with E-state index in [0.29, 0.717) is 17.8 Å². The van der Waals surface area contributed by atoms with Crippen LogP contribution in [0.2, 0.25) is 0 Å². The highest BCUT2D eigenvalue weighted by Crippen LogP contribution is 2.25. The van der Waals surface area contributed by atoms with E-state index in [9.17, 15) is 18.4 Å². The molecule has 3 N–H and O–H groups in total. The minimum absolute atomic E-state index is 0.183. The van der Waals surface area contributed by atoms with Crippen molar-refractivity contribution in [3.05, 3.63) is 29.8 Å². The number of rotatable bonds is 5. The molecule has 1 heterocycles. The van der Waals surface area contributed by atoms with E-state index in [1.165, 1.54) is 0 Å². The Morgan fingerprint density at radius 1 is 1.32 bits per heavy atom. The van der Waals surface area contributed by atoms with Crippen LogP contribution >= 0.6 is 0 Å². The number of carbonyl (C=O) groups is 2. The van der Waals surface area contributed by atoms with E-state index in [0.717, 1.165) is 6.42 Å². The van der Waals surface area contributed by atoms with Gasteiger partial charge in [0.05, 0.1) is 12.6 Å². The molecule has 1 fully saturated rings. The van der Waals surface area contributed by atoms with Crippen LogP contribution in [0.15, 0.2) is 24.3 Å². The van der Waals surface area contributed by atoms with Crippen molar-refractivity contribution in [3.8, 4) is 0 Å². The monoisotopic (exact) mass is 311 g/mol. The standard InChI is InChI=1S/C15H19F2N3O2/c1-2-7-18-13(21)10-3-5-11(6-4-10)20-14(22)12-8-15(16,17)9-19-12/h3-6,12,19H,2,7-9H2,1H3,(H,18,21)(H,20,22). The molecule has 2 amide bonds. The number of nitrogens with one attached hydrogen (secondary N) is 3. The summed E-state index contributed by atoms with van der Waals surface area (Å²) in [4.78, 5) is 23.6. The van der Waals surface area contributed by atoms with Gasteiger partial charge in [0.15, 0.2) is 0 Å². The molecule has 1 unspecified atom stereocenters. The first-order valence-electron chi connectivity index (χ1n) is 7.21. The van der Waals surface area contributed by atoms with Gasteiger partial charge in [0, 0.05) is 24.2 Å². The van der Waals surface area contributed by atoms with Crippen LogP contribution in [-0.4, -0.2) is 36.9 Å². The summed E-state index contributed by atoms with van der Waals surface area (Å²) >= 11 is 0. The fourth-order valence-electron chi connectivity index (χ4n) is 2.18. The minimum Gasteiger partial charge on any atom is -0.352 e. The lowest BCUT2D eigenvalue weighted by Gasteiger charge is -2.11. The number of benzene rings is 1. The van der Waals surface area contributed by atoms with Crippen LogP contribution in [0.1, 0.15) is 30.1 Å². The van der Waals surface area contributed by atoms with Crippen molar-refractivity contribution >= 4 is 17.5 Å². The Morgan fingerprint density at radius 2 is 2.00 bits per heavy atom. The van der Waals surface area contributed by atoms with Gasteiger partial charge in [-0.2, -0.15) is 0 Å². The molecule has 0 saturated carbocycles. The van der Waals surface area contributed by atoms with Crippen LogP contribution in [0.3, 0.4) is 0 Å². The third kappa shape index (κ3) is 4.24. The fraction of sp³-hybridized carbons (Fsp3) is 0.467. The van der Waals surface area contributed by atoms with Crippen LogP contribution in [-0.2, 0) is 4.79 Å². The zero-order valence-corrected chi connectivity index (χ0v) is 12.3. The number of anilines is 1. The van der Waals surface area contributed by atoms with Crippen LogP contribution < -0.4 is 16.0 Å². The second kappa shape index (κ2) is 6.83. The lowest BCUT2D eigenvalue weighted by Crippen LogP contribution is -2.35. The molecular formula is C15H19F2N3O2. The molecule has 7 heteroatoms. The molecule has 0 aliphatic carbocycles. The number of halogens is 2. The predicted molar refractivity (Wildman–Crippen MR) is 79.1 cm³/mol. The fourth-order valence-corrected chi connectivity index (χ4v) is 2.18. The summed E-state index contributed by atoms with van der Waals surface area (Å²) < 4.78 is 26.1. The summed E-state index contributed by atoms with van der Waals surface area (Å²) in [5.41, 5.74) is 0.950. The van der Waals surface area contributed by atoms with Crippen molar-refractivity contribution in [2.45, 2.75) is 31.7 Å². The highest BCUT2D eigenvalue weighted by molar-refractivity contribution is 5.97. The van der Waals surface area contributed by atoms with Gasteiger partial charge in [-0.05, 0) is 30.7 Å². The lowest BCUT2D eigenvalue weighted by atomic mass is 10.1. The molecule has 22 heavy (non-hydrogen) atoms. The van der Waals surface area contributed by atoms with Crippen LogP contribution in [0.5, 0.6) is 0 Å². The van der Waals surface area contributed by atoms with E-state index in [2.05, 4.69) is 16.0 Å². The smallest absolute Gasteiger partial charge is 0.262 e. The number of alkyl halides is 2. The Labute approximate surface area is 127 Å². The van der Waals surface area contributed by atoms with Crippen molar-refractivity contribution in [2.75, 3.05) is 18.4 Å². The third-order valence-corrected chi connectivity index (χ3v) is 3.38. The molecular weight excluding hydrogens is 292 g/mol. The summed E-state index contributed by atoms with van der Waals surface area (Å²) in [6.45, 7) is 2.07. The molecule has 1 aliphatic heterocycles. The maximum absolute atomic E-state index is 13.1. The van der Waals surface area contributed by atoms with Gasteiger partial charge in [0.2, 0.25) is 5.91 Å². The zero-order valence-electron chi connectivity index (χ0n) is 12.3. The van der Waals surface area contributed by atoms with Crippen molar-refractivity contribution in [1.82, 2.24) is 10.6 Å². The van der Waals surface area contributed by atoms with E-state index in [4.69, 9.17) is 0 Å². The highest BCUT2D eigenvalue weighted by Gasteiger charge is 2.42. The van der Waals surface area contributed by atoms with Gasteiger partial charge in [-0.1, -0.05) is 6.92 Å². The second-order valence-electron chi connectivity index (χ2n) is 5.32. The molecule has 0 bridgehead atoms. The minimum atomic E-state index is -2.84. The molecule has 120 valence electrons. The molecule has 1 atom stereocenters. The van der Waals surface area contributed by atoms with Gasteiger partial charge >= 0.3 is 0 Å². The Kier molecular flexibility index (Phi) is 5.07. The van der Waals surface area contributed by atoms with E-state index < -0.39 is 30.8 Å². The average Bonchev–Trinajstić information content (AvgIpc) is 2.86. The topological polar surface area (TPSA) is 70.2 Å². The SMILES string of the molecule is CCCNC(=O)c1ccc(NC(=O)C2CC(F)(F)CN2)cc1. The normalized spacial score (nSPS) is 19.7. The predicted octanol–water partition coefficient (Wildman–Crippen LogP) is 1.76. The Hall–Kier alpha value is -2.02. The molecule has 1 aliphatic rings. The largest absolute Gasteiger partial charge is 0.352 e. The Morgan fingerprint density at radius 3 is 2.55 bits per heavy atom. The zero-order chi connectivity index (χ0) is 16.2. The summed E-state index contributed by atoms with van der Waals surface area (Å²) in [5.74, 6) is -3.53. The maximum Gasteiger partial charge on any atom is 0.262 e. The van der Waals surface area contributed by atoms with E-state index in [1.807, 2.05) is 6.92 Å². The first kappa shape index (κ1) is 16.4. The molecule has 0 aromatic heterocycles. The van der Waals surface area contributed by atoms with Gasteiger partial charge in [-0.15, -0.1) is 0 Å². The van der Waals surface area contributed by atoms with Crippen molar-refractivity contribution in [1.29, 1.82) is 0 Å². The summed E-state index contributed by atoms with van der Waals surface area (Å²) in [7, 11) is 0. The van der Waals surface area contributed by atoms with Crippen LogP contribution in [0.4, 0.5) is 14.5 Å². The first-order valence-corrected chi connectivity index (χ1v) is 7.21. The number of amides is 2. The van der Waals surface area contributed by atoms with Gasteiger partial charge in [-0.25, -0.2) is 8.78 Å². The summed E-state index contributed by atoms with van der Waals surface area (Å²) in [5, 5.41) is 7.80. The quantitative estimate of drug-likeness (QED) is 0.776. The van der Waals surface area contributed by atoms with E-state index in [-0.39, 0.29) is 5.91 Å². The van der Waals surface area contributed by atoms with Crippen molar-refractivity contribution in [3.63, 3.8) is 0 Å². The van der Waals surface area contributed by atoms with Gasteiger partial charge in [0.25, 0.3) is 11.8 Å².